The Kier molecular flexibility index (Phi) is 6.37. The summed E-state index contributed by atoms with van der Waals surface area (Å²) in [5, 5.41) is 12.4. The van der Waals surface area contributed by atoms with Gasteiger partial charge in [-0.15, -0.1) is 0 Å². The molecule has 0 unspecified atom stereocenters. The highest BCUT2D eigenvalue weighted by atomic mass is 35.5. The Bertz CT molecular complexity index is 674. The molecule has 0 aliphatic carbocycles. The monoisotopic (exact) mass is 389 g/mol. The molecule has 1 aliphatic heterocycles. The van der Waals surface area contributed by atoms with Gasteiger partial charge in [-0.2, -0.15) is 0 Å². The van der Waals surface area contributed by atoms with Gasteiger partial charge in [0.05, 0.1) is 15.7 Å². The van der Waals surface area contributed by atoms with Crippen LogP contribution in [0.5, 0.6) is 5.75 Å². The third kappa shape index (κ3) is 4.15. The molecule has 0 spiro atoms. The lowest BCUT2D eigenvalue weighted by molar-refractivity contribution is -0.129. The number of hydrogen-bond acceptors (Lipinski definition) is 5. The van der Waals surface area contributed by atoms with Gasteiger partial charge in [-0.25, -0.2) is 4.99 Å². The van der Waals surface area contributed by atoms with Gasteiger partial charge in [0.15, 0.2) is 10.9 Å². The molecule has 1 aromatic carbocycles. The first-order valence-electron chi connectivity index (χ1n) is 7.38. The second-order valence-electron chi connectivity index (χ2n) is 5.00. The van der Waals surface area contributed by atoms with Crippen molar-refractivity contribution >= 4 is 57.6 Å². The van der Waals surface area contributed by atoms with E-state index in [4.69, 9.17) is 23.2 Å². The normalized spacial score (nSPS) is 19.2. The number of nitrogens with one attached hydrogen (secondary N) is 1. The summed E-state index contributed by atoms with van der Waals surface area (Å²) in [5.74, 6) is -0.529. The van der Waals surface area contributed by atoms with Gasteiger partial charge in [0, 0.05) is 19.5 Å². The van der Waals surface area contributed by atoms with Crippen molar-refractivity contribution < 1.29 is 14.7 Å². The third-order valence-electron chi connectivity index (χ3n) is 3.31. The van der Waals surface area contributed by atoms with E-state index in [9.17, 15) is 14.7 Å². The molecule has 1 aliphatic rings. The molecule has 0 radical (unpaired) electrons. The minimum atomic E-state index is -0.502. The van der Waals surface area contributed by atoms with E-state index in [1.807, 2.05) is 13.8 Å². The van der Waals surface area contributed by atoms with Crippen molar-refractivity contribution in [1.82, 2.24) is 10.2 Å². The van der Waals surface area contributed by atoms with Crippen LogP contribution in [0.3, 0.4) is 0 Å². The molecule has 6 nitrogen and oxygen atoms in total. The predicted octanol–water partition coefficient (Wildman–Crippen LogP) is 3.18. The molecule has 0 aromatic heterocycles. The molecule has 1 saturated heterocycles. The zero-order valence-electron chi connectivity index (χ0n) is 13.2. The van der Waals surface area contributed by atoms with E-state index in [1.54, 1.807) is 0 Å². The second-order valence-corrected chi connectivity index (χ2v) is 6.98. The average Bonchev–Trinajstić information content (AvgIpc) is 2.80. The maximum Gasteiger partial charge on any atom is 0.242 e. The quantitative estimate of drug-likeness (QED) is 0.809. The molecular weight excluding hydrogens is 373 g/mol. The molecule has 0 saturated carbocycles. The van der Waals surface area contributed by atoms with E-state index >= 15 is 0 Å². The Morgan fingerprint density at radius 2 is 2.00 bits per heavy atom. The minimum absolute atomic E-state index is 0.0816. The molecule has 1 fully saturated rings. The van der Waals surface area contributed by atoms with Gasteiger partial charge < -0.3 is 10.4 Å². The van der Waals surface area contributed by atoms with Gasteiger partial charge in [0.25, 0.3) is 0 Å². The molecule has 2 amide bonds. The third-order valence-corrected chi connectivity index (χ3v) is 5.06. The molecule has 0 bridgehead atoms. The largest absolute Gasteiger partial charge is 0.505 e. The number of nitrogens with zero attached hydrogens (tertiary/aromatic N) is 2. The lowest BCUT2D eigenvalue weighted by Gasteiger charge is -2.13. The highest BCUT2D eigenvalue weighted by molar-refractivity contribution is 8.15. The molecule has 2 N–H and O–H groups in total. The molecule has 1 atom stereocenters. The van der Waals surface area contributed by atoms with E-state index in [0.717, 1.165) is 0 Å². The number of rotatable bonds is 5. The van der Waals surface area contributed by atoms with E-state index in [0.29, 0.717) is 23.9 Å². The number of thioether (sulfide) groups is 1. The molecule has 130 valence electrons. The van der Waals surface area contributed by atoms with Gasteiger partial charge in [-0.05, 0) is 26.0 Å². The summed E-state index contributed by atoms with van der Waals surface area (Å²) in [7, 11) is 0. The molecule has 1 heterocycles. The maximum atomic E-state index is 12.4. The van der Waals surface area contributed by atoms with Gasteiger partial charge in [-0.1, -0.05) is 35.0 Å². The summed E-state index contributed by atoms with van der Waals surface area (Å²) in [4.78, 5) is 30.1. The van der Waals surface area contributed by atoms with E-state index < -0.39 is 5.25 Å². The van der Waals surface area contributed by atoms with Crippen LogP contribution in [0.1, 0.15) is 20.3 Å². The van der Waals surface area contributed by atoms with Crippen LogP contribution in [-0.2, 0) is 9.59 Å². The Labute approximate surface area is 154 Å². The number of amides is 2. The summed E-state index contributed by atoms with van der Waals surface area (Å²) < 4.78 is 0. The minimum Gasteiger partial charge on any atom is -0.505 e. The fourth-order valence-corrected chi connectivity index (χ4v) is 3.88. The van der Waals surface area contributed by atoms with E-state index in [1.165, 1.54) is 28.8 Å². The van der Waals surface area contributed by atoms with Crippen molar-refractivity contribution in [2.75, 3.05) is 13.1 Å². The maximum absolute atomic E-state index is 12.4. The molecule has 9 heteroatoms. The number of phenols is 1. The second kappa shape index (κ2) is 8.09. The van der Waals surface area contributed by atoms with Gasteiger partial charge in [0.1, 0.15) is 5.25 Å². The highest BCUT2D eigenvalue weighted by Gasteiger charge is 2.38. The first kappa shape index (κ1) is 18.9. The van der Waals surface area contributed by atoms with Gasteiger partial charge in [-0.3, -0.25) is 14.5 Å². The first-order valence-corrected chi connectivity index (χ1v) is 9.02. The zero-order chi connectivity index (χ0) is 17.9. The first-order chi connectivity index (χ1) is 11.4. The van der Waals surface area contributed by atoms with Crippen molar-refractivity contribution in [1.29, 1.82) is 0 Å². The van der Waals surface area contributed by atoms with Crippen LogP contribution in [0, 0.1) is 0 Å². The van der Waals surface area contributed by atoms with Crippen LogP contribution >= 0.6 is 35.0 Å². The lowest BCUT2D eigenvalue weighted by atomic mass is 10.2. The van der Waals surface area contributed by atoms with Crippen molar-refractivity contribution in [2.45, 2.75) is 25.5 Å². The topological polar surface area (TPSA) is 82.0 Å². The van der Waals surface area contributed by atoms with E-state index in [2.05, 4.69) is 10.3 Å². The number of amidine groups is 1. The smallest absolute Gasteiger partial charge is 0.242 e. The van der Waals surface area contributed by atoms with Crippen molar-refractivity contribution in [3.8, 4) is 5.75 Å². The van der Waals surface area contributed by atoms with Crippen LogP contribution in [-0.4, -0.2) is 45.3 Å². The Morgan fingerprint density at radius 3 is 2.54 bits per heavy atom. The van der Waals surface area contributed by atoms with Gasteiger partial charge in [0.2, 0.25) is 11.8 Å². The Hall–Kier alpha value is -1.44. The number of carbonyl (C=O) groups excluding carboxylic acids is 2. The van der Waals surface area contributed by atoms with Crippen LogP contribution in [0.4, 0.5) is 5.69 Å². The number of halogens is 2. The van der Waals surface area contributed by atoms with E-state index in [-0.39, 0.29) is 34.0 Å². The summed E-state index contributed by atoms with van der Waals surface area (Å²) >= 11 is 13.0. The summed E-state index contributed by atoms with van der Waals surface area (Å²) in [6.45, 7) is 4.62. The molecule has 1 aromatic rings. The van der Waals surface area contributed by atoms with Crippen LogP contribution < -0.4 is 5.32 Å². The standard InChI is InChI=1S/C15H17Cl2N3O3S/c1-3-18-12(21)7-11-14(23)20(4-2)15(24-11)19-8-5-9(16)13(22)10(17)6-8/h5-6,11,22H,3-4,7H2,1-2H3,(H,18,21)/t11-/m0/s1. The Balaban J connectivity index is 2.26. The summed E-state index contributed by atoms with van der Waals surface area (Å²) in [6, 6.07) is 2.93. The number of aromatic hydroxyl groups is 1. The fraction of sp³-hybridized carbons (Fsp3) is 0.400. The molecule has 2 rings (SSSR count). The number of aliphatic imine (C=N–C) groups is 1. The fourth-order valence-electron chi connectivity index (χ4n) is 2.18. The SMILES string of the molecule is CCNC(=O)C[C@@H]1SC(=Nc2cc(Cl)c(O)c(Cl)c2)N(CC)C1=O. The predicted molar refractivity (Wildman–Crippen MR) is 97.3 cm³/mol. The number of hydrogen-bond donors (Lipinski definition) is 2. The summed E-state index contributed by atoms with van der Waals surface area (Å²) in [5.41, 5.74) is 0.426. The van der Waals surface area contributed by atoms with Gasteiger partial charge >= 0.3 is 0 Å². The summed E-state index contributed by atoms with van der Waals surface area (Å²) in [6.07, 6.45) is 0.101. The van der Waals surface area contributed by atoms with Crippen LogP contribution in [0.15, 0.2) is 17.1 Å². The van der Waals surface area contributed by atoms with Crippen LogP contribution in [0.2, 0.25) is 10.0 Å². The lowest BCUT2D eigenvalue weighted by Crippen LogP contribution is -2.34. The van der Waals surface area contributed by atoms with Crippen LogP contribution in [0.25, 0.3) is 0 Å². The van der Waals surface area contributed by atoms with Crippen molar-refractivity contribution in [2.24, 2.45) is 4.99 Å². The Morgan fingerprint density at radius 1 is 1.38 bits per heavy atom. The molecular formula is C15H17Cl2N3O3S. The average molecular weight is 390 g/mol. The zero-order valence-corrected chi connectivity index (χ0v) is 15.5. The number of carbonyl (C=O) groups is 2. The number of phenolic OH excluding ortho intramolecular Hbond substituents is 1. The highest BCUT2D eigenvalue weighted by Crippen LogP contribution is 2.37. The van der Waals surface area contributed by atoms with Crippen molar-refractivity contribution in [3.63, 3.8) is 0 Å². The van der Waals surface area contributed by atoms with Crippen molar-refractivity contribution in [3.05, 3.63) is 22.2 Å². The number of benzene rings is 1. The molecule has 24 heavy (non-hydrogen) atoms.